The summed E-state index contributed by atoms with van der Waals surface area (Å²) in [4.78, 5) is 14.7. The number of carbonyl (C=O) groups is 1. The molecule has 1 amide bonds. The number of sulfonamides is 1. The molecule has 2 aromatic carbocycles. The molecule has 1 aliphatic heterocycles. The number of benzene rings is 2. The number of amides is 1. The summed E-state index contributed by atoms with van der Waals surface area (Å²) >= 11 is 0. The number of carbonyl (C=O) groups excluding carboxylic acids is 1. The molecule has 0 unspecified atom stereocenters. The Morgan fingerprint density at radius 3 is 2.53 bits per heavy atom. The summed E-state index contributed by atoms with van der Waals surface area (Å²) in [7, 11) is 2.23. The Morgan fingerprint density at radius 1 is 1.10 bits per heavy atom. The van der Waals surface area contributed by atoms with Crippen LogP contribution in [0.2, 0.25) is 0 Å². The van der Waals surface area contributed by atoms with Crippen LogP contribution in [0.4, 0.5) is 5.69 Å². The van der Waals surface area contributed by atoms with Crippen LogP contribution in [0, 0.1) is 0 Å². The van der Waals surface area contributed by atoms with E-state index in [0.717, 1.165) is 28.6 Å². The summed E-state index contributed by atoms with van der Waals surface area (Å²) in [5.41, 5.74) is 2.82. The maximum Gasteiger partial charge on any atom is 0.246 e. The van der Waals surface area contributed by atoms with E-state index in [4.69, 9.17) is 9.47 Å². The van der Waals surface area contributed by atoms with Gasteiger partial charge in [0.05, 0.1) is 20.8 Å². The maximum atomic E-state index is 12.6. The number of fused-ring (bicyclic) bond motifs is 1. The third-order valence-electron chi connectivity index (χ3n) is 5.08. The van der Waals surface area contributed by atoms with E-state index < -0.39 is 10.0 Å². The van der Waals surface area contributed by atoms with Gasteiger partial charge in [-0.25, -0.2) is 12.7 Å². The van der Waals surface area contributed by atoms with Crippen molar-refractivity contribution in [2.75, 3.05) is 46.7 Å². The van der Waals surface area contributed by atoms with Gasteiger partial charge in [0.15, 0.2) is 0 Å². The highest BCUT2D eigenvalue weighted by molar-refractivity contribution is 7.89. The third kappa shape index (κ3) is 4.75. The van der Waals surface area contributed by atoms with Crippen LogP contribution in [0.1, 0.15) is 11.1 Å². The first kappa shape index (κ1) is 22.1. The second-order valence-corrected chi connectivity index (χ2v) is 9.42. The molecule has 0 saturated carbocycles. The van der Waals surface area contributed by atoms with E-state index in [9.17, 15) is 13.2 Å². The summed E-state index contributed by atoms with van der Waals surface area (Å²) in [6, 6.07) is 10.6. The topological polar surface area (TPSA) is 88.2 Å². The van der Waals surface area contributed by atoms with Crippen LogP contribution in [-0.2, 0) is 27.8 Å². The van der Waals surface area contributed by atoms with Gasteiger partial charge in [0, 0.05) is 32.9 Å². The van der Waals surface area contributed by atoms with Crippen molar-refractivity contribution in [3.8, 4) is 11.5 Å². The van der Waals surface area contributed by atoms with Crippen LogP contribution in [-0.4, -0.2) is 64.9 Å². The molecular weight excluding hydrogens is 406 g/mol. The summed E-state index contributed by atoms with van der Waals surface area (Å²) in [5.74, 6) is 0.816. The lowest BCUT2D eigenvalue weighted by Crippen LogP contribution is -2.37. The van der Waals surface area contributed by atoms with Gasteiger partial charge in [0.2, 0.25) is 15.9 Å². The average molecular weight is 434 g/mol. The van der Waals surface area contributed by atoms with E-state index in [2.05, 4.69) is 16.3 Å². The molecule has 3 rings (SSSR count). The molecule has 1 heterocycles. The van der Waals surface area contributed by atoms with Gasteiger partial charge in [0.1, 0.15) is 16.4 Å². The lowest BCUT2D eigenvalue weighted by molar-refractivity contribution is -0.117. The SMILES string of the molecule is COc1ccc2c(c1)CN(CC(=O)Nc1ccc(OC)c(S(=O)(=O)N(C)C)c1)CC2. The van der Waals surface area contributed by atoms with Gasteiger partial charge < -0.3 is 14.8 Å². The number of nitrogens with zero attached hydrogens (tertiary/aromatic N) is 2. The summed E-state index contributed by atoms with van der Waals surface area (Å²) in [6.07, 6.45) is 0.861. The van der Waals surface area contributed by atoms with Crippen molar-refractivity contribution in [1.82, 2.24) is 9.21 Å². The largest absolute Gasteiger partial charge is 0.497 e. The number of rotatable bonds is 7. The highest BCUT2D eigenvalue weighted by Gasteiger charge is 2.24. The summed E-state index contributed by atoms with van der Waals surface area (Å²) in [6.45, 7) is 1.64. The third-order valence-corrected chi connectivity index (χ3v) is 6.91. The minimum atomic E-state index is -3.71. The van der Waals surface area contributed by atoms with Crippen molar-refractivity contribution in [2.45, 2.75) is 17.9 Å². The molecule has 0 spiro atoms. The molecule has 2 aromatic rings. The molecule has 162 valence electrons. The number of nitrogens with one attached hydrogen (secondary N) is 1. The molecule has 0 aromatic heterocycles. The molecule has 0 radical (unpaired) electrons. The number of anilines is 1. The predicted molar refractivity (Wildman–Crippen MR) is 114 cm³/mol. The van der Waals surface area contributed by atoms with Gasteiger partial charge in [-0.05, 0) is 47.9 Å². The number of methoxy groups -OCH3 is 2. The highest BCUT2D eigenvalue weighted by Crippen LogP contribution is 2.29. The molecule has 0 bridgehead atoms. The van der Waals surface area contributed by atoms with Crippen molar-refractivity contribution in [3.63, 3.8) is 0 Å². The first-order valence-electron chi connectivity index (χ1n) is 9.53. The second-order valence-electron chi connectivity index (χ2n) is 7.30. The molecule has 9 heteroatoms. The normalized spacial score (nSPS) is 14.3. The summed E-state index contributed by atoms with van der Waals surface area (Å²) < 4.78 is 36.7. The van der Waals surface area contributed by atoms with Crippen molar-refractivity contribution < 1.29 is 22.7 Å². The van der Waals surface area contributed by atoms with Gasteiger partial charge >= 0.3 is 0 Å². The van der Waals surface area contributed by atoms with Crippen molar-refractivity contribution in [3.05, 3.63) is 47.5 Å². The molecule has 0 saturated heterocycles. The van der Waals surface area contributed by atoms with Gasteiger partial charge in [-0.15, -0.1) is 0 Å². The number of hydrogen-bond acceptors (Lipinski definition) is 6. The number of ether oxygens (including phenoxy) is 2. The Hall–Kier alpha value is -2.62. The van der Waals surface area contributed by atoms with E-state index >= 15 is 0 Å². The molecule has 1 N–H and O–H groups in total. The Bertz CT molecular complexity index is 1040. The molecule has 30 heavy (non-hydrogen) atoms. The molecule has 0 atom stereocenters. The fraction of sp³-hybridized carbons (Fsp3) is 0.381. The zero-order chi connectivity index (χ0) is 21.9. The smallest absolute Gasteiger partial charge is 0.246 e. The van der Waals surface area contributed by atoms with Crippen molar-refractivity contribution in [1.29, 1.82) is 0 Å². The molecule has 8 nitrogen and oxygen atoms in total. The zero-order valence-electron chi connectivity index (χ0n) is 17.6. The highest BCUT2D eigenvalue weighted by atomic mass is 32.2. The Morgan fingerprint density at radius 2 is 1.87 bits per heavy atom. The molecule has 0 fully saturated rings. The fourth-order valence-corrected chi connectivity index (χ4v) is 4.49. The van der Waals surface area contributed by atoms with Crippen LogP contribution in [0.3, 0.4) is 0 Å². The molecular formula is C21H27N3O5S. The van der Waals surface area contributed by atoms with Crippen LogP contribution in [0.5, 0.6) is 11.5 Å². The van der Waals surface area contributed by atoms with Crippen LogP contribution < -0.4 is 14.8 Å². The van der Waals surface area contributed by atoms with E-state index in [1.54, 1.807) is 13.2 Å². The van der Waals surface area contributed by atoms with E-state index in [-0.39, 0.29) is 23.1 Å². The van der Waals surface area contributed by atoms with Crippen molar-refractivity contribution in [2.24, 2.45) is 0 Å². The minimum Gasteiger partial charge on any atom is -0.497 e. The zero-order valence-corrected chi connectivity index (χ0v) is 18.5. The predicted octanol–water partition coefficient (Wildman–Crippen LogP) is 1.95. The minimum absolute atomic E-state index is 0.00629. The standard InChI is InChI=1S/C21H27N3O5S/c1-23(2)30(26,27)20-12-17(6-8-19(20)29-4)22-21(25)14-24-10-9-15-5-7-18(28-3)11-16(15)13-24/h5-8,11-12H,9-10,13-14H2,1-4H3,(H,22,25). The first-order valence-corrected chi connectivity index (χ1v) is 11.0. The quantitative estimate of drug-likeness (QED) is 0.718. The first-order chi connectivity index (χ1) is 14.2. The lowest BCUT2D eigenvalue weighted by Gasteiger charge is -2.28. The summed E-state index contributed by atoms with van der Waals surface area (Å²) in [5, 5.41) is 2.79. The van der Waals surface area contributed by atoms with Crippen LogP contribution in [0.25, 0.3) is 0 Å². The Balaban J connectivity index is 1.71. The van der Waals surface area contributed by atoms with E-state index in [0.29, 0.717) is 12.2 Å². The Labute approximate surface area is 177 Å². The fourth-order valence-electron chi connectivity index (χ4n) is 3.41. The van der Waals surface area contributed by atoms with Gasteiger partial charge in [-0.2, -0.15) is 0 Å². The van der Waals surface area contributed by atoms with E-state index in [1.165, 1.54) is 38.9 Å². The van der Waals surface area contributed by atoms with Gasteiger partial charge in [-0.3, -0.25) is 9.69 Å². The van der Waals surface area contributed by atoms with Crippen LogP contribution >= 0.6 is 0 Å². The van der Waals surface area contributed by atoms with Crippen LogP contribution in [0.15, 0.2) is 41.3 Å². The van der Waals surface area contributed by atoms with Gasteiger partial charge in [0.25, 0.3) is 0 Å². The maximum absolute atomic E-state index is 12.6. The van der Waals surface area contributed by atoms with E-state index in [1.807, 2.05) is 12.1 Å². The van der Waals surface area contributed by atoms with Gasteiger partial charge in [-0.1, -0.05) is 6.07 Å². The number of hydrogen-bond donors (Lipinski definition) is 1. The molecule has 0 aliphatic carbocycles. The molecule has 1 aliphatic rings. The lowest BCUT2D eigenvalue weighted by atomic mass is 9.99. The second kappa shape index (κ2) is 9.03. The van der Waals surface area contributed by atoms with Crippen molar-refractivity contribution >= 4 is 21.6 Å². The monoisotopic (exact) mass is 433 g/mol. The Kier molecular flexibility index (Phi) is 6.64. The average Bonchev–Trinajstić information content (AvgIpc) is 2.72.